The van der Waals surface area contributed by atoms with Crippen LogP contribution in [-0.2, 0) is 0 Å². The fraction of sp³-hybridized carbons (Fsp3) is 0.625. The Hall–Kier alpha value is -0.220. The van der Waals surface area contributed by atoms with E-state index in [1.54, 1.807) is 0 Å². The predicted octanol–water partition coefficient (Wildman–Crippen LogP) is 5.98. The molecule has 2 N–H and O–H groups in total. The molecule has 1 aromatic rings. The minimum atomic E-state index is 0.774. The van der Waals surface area contributed by atoms with E-state index < -0.39 is 0 Å². The van der Waals surface area contributed by atoms with Gasteiger partial charge in [0.1, 0.15) is 0 Å². The molecule has 4 heteroatoms. The molecule has 1 aromatic carbocycles. The zero-order chi connectivity index (χ0) is 15.0. The number of nitrogens with two attached hydrogens (primary N) is 1. The third kappa shape index (κ3) is 5.65. The highest BCUT2D eigenvalue weighted by Gasteiger charge is 2.10. The highest BCUT2D eigenvalue weighted by Crippen LogP contribution is 2.33. The predicted molar refractivity (Wildman–Crippen MR) is 97.5 cm³/mol. The number of halogens is 2. The van der Waals surface area contributed by atoms with Gasteiger partial charge in [-0.3, -0.25) is 0 Å². The smallest absolute Gasteiger partial charge is 0.0604 e. The first-order valence-corrected chi connectivity index (χ1v) is 9.18. The van der Waals surface area contributed by atoms with Crippen molar-refractivity contribution in [2.24, 2.45) is 0 Å². The van der Waals surface area contributed by atoms with E-state index in [1.807, 2.05) is 0 Å². The van der Waals surface area contributed by atoms with Crippen molar-refractivity contribution in [3.63, 3.8) is 0 Å². The van der Waals surface area contributed by atoms with Crippen molar-refractivity contribution in [1.82, 2.24) is 0 Å². The molecule has 0 saturated carbocycles. The van der Waals surface area contributed by atoms with Gasteiger partial charge in [-0.1, -0.05) is 39.5 Å². The van der Waals surface area contributed by atoms with Crippen molar-refractivity contribution in [1.29, 1.82) is 0 Å². The lowest BCUT2D eigenvalue weighted by Gasteiger charge is -2.26. The van der Waals surface area contributed by atoms with Crippen LogP contribution in [0.1, 0.15) is 52.4 Å². The summed E-state index contributed by atoms with van der Waals surface area (Å²) < 4.78 is 1.94. The van der Waals surface area contributed by atoms with Gasteiger partial charge in [0.25, 0.3) is 0 Å². The molecule has 0 atom stereocenters. The van der Waals surface area contributed by atoms with Gasteiger partial charge in [-0.15, -0.1) is 0 Å². The molecule has 20 heavy (non-hydrogen) atoms. The van der Waals surface area contributed by atoms with E-state index in [9.17, 15) is 0 Å². The average molecular weight is 406 g/mol. The minimum Gasteiger partial charge on any atom is -0.397 e. The van der Waals surface area contributed by atoms with Gasteiger partial charge in [-0.25, -0.2) is 0 Å². The van der Waals surface area contributed by atoms with Gasteiger partial charge in [-0.2, -0.15) is 0 Å². The van der Waals surface area contributed by atoms with Crippen LogP contribution in [0.5, 0.6) is 0 Å². The van der Waals surface area contributed by atoms with Crippen molar-refractivity contribution in [3.05, 3.63) is 21.1 Å². The SMILES string of the molecule is CCCCCN(CCCCC)c1cc(Br)c(N)c(Br)c1. The number of hydrogen-bond donors (Lipinski definition) is 1. The monoisotopic (exact) mass is 404 g/mol. The van der Waals surface area contributed by atoms with E-state index in [0.717, 1.165) is 27.7 Å². The van der Waals surface area contributed by atoms with Gasteiger partial charge in [0.2, 0.25) is 0 Å². The second kappa shape index (κ2) is 9.67. The Morgan fingerprint density at radius 3 is 1.75 bits per heavy atom. The number of rotatable bonds is 9. The zero-order valence-electron chi connectivity index (χ0n) is 12.6. The van der Waals surface area contributed by atoms with Crippen LogP contribution in [0.4, 0.5) is 11.4 Å². The highest BCUT2D eigenvalue weighted by atomic mass is 79.9. The summed E-state index contributed by atoms with van der Waals surface area (Å²) in [6, 6.07) is 4.27. The molecule has 0 heterocycles. The van der Waals surface area contributed by atoms with Crippen LogP contribution in [0.2, 0.25) is 0 Å². The lowest BCUT2D eigenvalue weighted by atomic mass is 10.2. The summed E-state index contributed by atoms with van der Waals surface area (Å²) in [4.78, 5) is 2.49. The van der Waals surface area contributed by atoms with E-state index in [1.165, 1.54) is 44.2 Å². The standard InChI is InChI=1S/C16H26Br2N2/c1-3-5-7-9-20(10-8-6-4-2)13-11-14(17)16(19)15(18)12-13/h11-12H,3-10,19H2,1-2H3. The van der Waals surface area contributed by atoms with Crippen molar-refractivity contribution in [2.45, 2.75) is 52.4 Å². The molecular weight excluding hydrogens is 380 g/mol. The molecule has 114 valence electrons. The van der Waals surface area contributed by atoms with E-state index in [0.29, 0.717) is 0 Å². The molecule has 0 aliphatic heterocycles. The molecule has 2 nitrogen and oxygen atoms in total. The van der Waals surface area contributed by atoms with Crippen LogP contribution in [0.25, 0.3) is 0 Å². The Bertz CT molecular complexity index is 374. The van der Waals surface area contributed by atoms with Crippen molar-refractivity contribution in [2.75, 3.05) is 23.7 Å². The lowest BCUT2D eigenvalue weighted by Crippen LogP contribution is -2.25. The Kier molecular flexibility index (Phi) is 8.62. The zero-order valence-corrected chi connectivity index (χ0v) is 15.8. The summed E-state index contributed by atoms with van der Waals surface area (Å²) in [7, 11) is 0. The molecule has 1 rings (SSSR count). The maximum absolute atomic E-state index is 5.98. The first kappa shape index (κ1) is 17.8. The fourth-order valence-corrected chi connectivity index (χ4v) is 3.39. The quantitative estimate of drug-likeness (QED) is 0.404. The van der Waals surface area contributed by atoms with Crippen LogP contribution in [0.3, 0.4) is 0 Å². The van der Waals surface area contributed by atoms with Crippen LogP contribution in [-0.4, -0.2) is 13.1 Å². The molecule has 0 amide bonds. The molecule has 0 spiro atoms. The summed E-state index contributed by atoms with van der Waals surface area (Å²) in [5, 5.41) is 0. The van der Waals surface area contributed by atoms with Crippen LogP contribution in [0.15, 0.2) is 21.1 Å². The van der Waals surface area contributed by atoms with Gasteiger partial charge < -0.3 is 10.6 Å². The van der Waals surface area contributed by atoms with Gasteiger partial charge in [0.05, 0.1) is 5.69 Å². The molecule has 0 unspecified atom stereocenters. The first-order chi connectivity index (χ1) is 9.60. The number of nitrogen functional groups attached to an aromatic ring is 1. The molecule has 0 aliphatic rings. The molecular formula is C16H26Br2N2. The van der Waals surface area contributed by atoms with Gasteiger partial charge in [-0.05, 0) is 56.8 Å². The average Bonchev–Trinajstić information content (AvgIpc) is 2.43. The van der Waals surface area contributed by atoms with Crippen molar-refractivity contribution in [3.8, 4) is 0 Å². The number of anilines is 2. The van der Waals surface area contributed by atoms with E-state index >= 15 is 0 Å². The molecule has 0 radical (unpaired) electrons. The van der Waals surface area contributed by atoms with Crippen molar-refractivity contribution < 1.29 is 0 Å². The Balaban J connectivity index is 2.79. The van der Waals surface area contributed by atoms with E-state index in [-0.39, 0.29) is 0 Å². The third-order valence-corrected chi connectivity index (χ3v) is 4.80. The summed E-state index contributed by atoms with van der Waals surface area (Å²) in [5.74, 6) is 0. The third-order valence-electron chi connectivity index (χ3n) is 3.49. The van der Waals surface area contributed by atoms with E-state index in [2.05, 4.69) is 62.7 Å². The Morgan fingerprint density at radius 1 is 0.900 bits per heavy atom. The summed E-state index contributed by atoms with van der Waals surface area (Å²) in [6.07, 6.45) is 7.61. The largest absolute Gasteiger partial charge is 0.397 e. The molecule has 0 fully saturated rings. The van der Waals surface area contributed by atoms with E-state index in [4.69, 9.17) is 5.73 Å². The molecule has 0 bridgehead atoms. The fourth-order valence-electron chi connectivity index (χ4n) is 2.23. The number of unbranched alkanes of at least 4 members (excludes halogenated alkanes) is 4. The number of nitrogens with zero attached hydrogens (tertiary/aromatic N) is 1. The highest BCUT2D eigenvalue weighted by molar-refractivity contribution is 9.11. The van der Waals surface area contributed by atoms with Crippen LogP contribution >= 0.6 is 31.9 Å². The second-order valence-corrected chi connectivity index (χ2v) is 6.93. The van der Waals surface area contributed by atoms with Crippen LogP contribution < -0.4 is 10.6 Å². The first-order valence-electron chi connectivity index (χ1n) is 7.59. The normalized spacial score (nSPS) is 10.8. The Labute approximate surface area is 140 Å². The summed E-state index contributed by atoms with van der Waals surface area (Å²) >= 11 is 7.09. The Morgan fingerprint density at radius 2 is 1.35 bits per heavy atom. The van der Waals surface area contributed by atoms with Crippen molar-refractivity contribution >= 4 is 43.2 Å². The maximum atomic E-state index is 5.98. The second-order valence-electron chi connectivity index (χ2n) is 5.22. The number of benzene rings is 1. The van der Waals surface area contributed by atoms with Gasteiger partial charge in [0.15, 0.2) is 0 Å². The van der Waals surface area contributed by atoms with Gasteiger partial charge in [0, 0.05) is 27.7 Å². The molecule has 0 aromatic heterocycles. The topological polar surface area (TPSA) is 29.3 Å². The molecule has 0 aliphatic carbocycles. The summed E-state index contributed by atoms with van der Waals surface area (Å²) in [5.41, 5.74) is 8.01. The lowest BCUT2D eigenvalue weighted by molar-refractivity contribution is 0.636. The van der Waals surface area contributed by atoms with Crippen LogP contribution in [0, 0.1) is 0 Å². The summed E-state index contributed by atoms with van der Waals surface area (Å²) in [6.45, 7) is 6.75. The minimum absolute atomic E-state index is 0.774. The van der Waals surface area contributed by atoms with Gasteiger partial charge >= 0.3 is 0 Å². The number of hydrogen-bond acceptors (Lipinski definition) is 2. The molecule has 0 saturated heterocycles. The maximum Gasteiger partial charge on any atom is 0.0604 e.